The maximum Gasteiger partial charge on any atom is 0.217 e. The van der Waals surface area contributed by atoms with Crippen LogP contribution in [0, 0.1) is 0 Å². The average molecular weight is 346 g/mol. The van der Waals surface area contributed by atoms with Gasteiger partial charge in [-0.3, -0.25) is 4.79 Å². The van der Waals surface area contributed by atoms with E-state index in [1.165, 1.54) is 6.92 Å². The van der Waals surface area contributed by atoms with Gasteiger partial charge < -0.3 is 30.1 Å². The van der Waals surface area contributed by atoms with Crippen LogP contribution < -0.4 is 5.32 Å². The molecular weight excluding hydrogens is 326 g/mol. The van der Waals surface area contributed by atoms with Gasteiger partial charge in [0.25, 0.3) is 0 Å². The summed E-state index contributed by atoms with van der Waals surface area (Å²) in [5.74, 6) is -0.404. The van der Waals surface area contributed by atoms with Crippen LogP contribution in [-0.2, 0) is 20.9 Å². The van der Waals surface area contributed by atoms with E-state index in [2.05, 4.69) is 5.32 Å². The second kappa shape index (κ2) is 8.05. The van der Waals surface area contributed by atoms with Gasteiger partial charge in [-0.05, 0) is 11.6 Å². The van der Waals surface area contributed by atoms with Crippen LogP contribution in [0.25, 0.3) is 0 Å². The molecule has 0 saturated carbocycles. The Balaban J connectivity index is 2.11. The highest BCUT2D eigenvalue weighted by Crippen LogP contribution is 2.24. The van der Waals surface area contributed by atoms with Crippen molar-refractivity contribution in [1.29, 1.82) is 0 Å². The Morgan fingerprint density at radius 1 is 1.35 bits per heavy atom. The third kappa shape index (κ3) is 4.41. The van der Waals surface area contributed by atoms with Gasteiger partial charge in [0.2, 0.25) is 5.91 Å². The van der Waals surface area contributed by atoms with E-state index in [9.17, 15) is 20.1 Å². The topological polar surface area (TPSA) is 108 Å². The summed E-state index contributed by atoms with van der Waals surface area (Å²) in [7, 11) is 0. The van der Waals surface area contributed by atoms with Crippen LogP contribution in [0.5, 0.6) is 0 Å². The number of hydrogen-bond donors (Lipinski definition) is 4. The van der Waals surface area contributed by atoms with Gasteiger partial charge in [0, 0.05) is 11.9 Å². The minimum absolute atomic E-state index is 0.0847. The van der Waals surface area contributed by atoms with Gasteiger partial charge in [0.15, 0.2) is 6.29 Å². The van der Waals surface area contributed by atoms with Crippen LogP contribution in [0.15, 0.2) is 24.3 Å². The Bertz CT molecular complexity index is 542. The number of nitrogens with one attached hydrogen (secondary N) is 1. The molecule has 0 aromatic heterocycles. The number of aliphatic hydroxyl groups excluding tert-OH is 3. The minimum atomic E-state index is -1.34. The highest BCUT2D eigenvalue weighted by molar-refractivity contribution is 6.31. The summed E-state index contributed by atoms with van der Waals surface area (Å²) in [5.41, 5.74) is 0.709. The van der Waals surface area contributed by atoms with E-state index in [1.54, 1.807) is 24.3 Å². The van der Waals surface area contributed by atoms with Crippen molar-refractivity contribution in [3.63, 3.8) is 0 Å². The van der Waals surface area contributed by atoms with Crippen LogP contribution >= 0.6 is 11.6 Å². The molecule has 5 unspecified atom stereocenters. The van der Waals surface area contributed by atoms with Crippen molar-refractivity contribution >= 4 is 17.5 Å². The molecule has 7 nitrogen and oxygen atoms in total. The van der Waals surface area contributed by atoms with Crippen LogP contribution in [0.2, 0.25) is 5.02 Å². The molecule has 0 spiro atoms. The third-order valence-electron chi connectivity index (χ3n) is 3.61. The Morgan fingerprint density at radius 2 is 2.04 bits per heavy atom. The Morgan fingerprint density at radius 3 is 2.65 bits per heavy atom. The monoisotopic (exact) mass is 345 g/mol. The summed E-state index contributed by atoms with van der Waals surface area (Å²) in [4.78, 5) is 11.3. The summed E-state index contributed by atoms with van der Waals surface area (Å²) in [6.07, 6.45) is -4.71. The Labute approximate surface area is 138 Å². The molecular formula is C15H20ClNO6. The van der Waals surface area contributed by atoms with Gasteiger partial charge in [-0.25, -0.2) is 0 Å². The van der Waals surface area contributed by atoms with Gasteiger partial charge in [0.05, 0.1) is 13.2 Å². The molecule has 1 aliphatic rings. The van der Waals surface area contributed by atoms with Crippen molar-refractivity contribution in [3.05, 3.63) is 34.9 Å². The first-order valence-electron chi connectivity index (χ1n) is 7.18. The summed E-state index contributed by atoms with van der Waals surface area (Å²) < 4.78 is 11.1. The molecule has 23 heavy (non-hydrogen) atoms. The summed E-state index contributed by atoms with van der Waals surface area (Å²) in [5, 5.41) is 32.3. The van der Waals surface area contributed by atoms with Gasteiger partial charge in [-0.15, -0.1) is 0 Å². The molecule has 1 amide bonds. The Kier molecular flexibility index (Phi) is 6.34. The van der Waals surface area contributed by atoms with E-state index < -0.39 is 43.2 Å². The normalized spacial score (nSPS) is 30.9. The number of rotatable bonds is 5. The molecule has 5 atom stereocenters. The molecule has 2 rings (SSSR count). The van der Waals surface area contributed by atoms with Crippen molar-refractivity contribution in [1.82, 2.24) is 5.32 Å². The lowest BCUT2D eigenvalue weighted by Crippen LogP contribution is -2.64. The highest BCUT2D eigenvalue weighted by atomic mass is 35.5. The molecule has 0 bridgehead atoms. The number of ether oxygens (including phenoxy) is 2. The predicted molar refractivity (Wildman–Crippen MR) is 81.6 cm³/mol. The standard InChI is InChI=1S/C15H20ClNO6/c1-8(19)17-12-14(21)13(20)11(6-18)23-15(12)22-7-9-4-2-3-5-10(9)16/h2-5,11-15,18,20-21H,6-7H2,1H3,(H,17,19). The SMILES string of the molecule is CC(=O)NC1C(OCc2ccccc2Cl)OC(CO)C(O)C1O. The van der Waals surface area contributed by atoms with Gasteiger partial charge in [-0.1, -0.05) is 29.8 Å². The first-order chi connectivity index (χ1) is 10.9. The zero-order valence-corrected chi connectivity index (χ0v) is 13.3. The van der Waals surface area contributed by atoms with Crippen molar-refractivity contribution in [3.8, 4) is 0 Å². The molecule has 0 radical (unpaired) electrons. The number of carbonyl (C=O) groups is 1. The minimum Gasteiger partial charge on any atom is -0.394 e. The Hall–Kier alpha value is -1.22. The number of amides is 1. The third-order valence-corrected chi connectivity index (χ3v) is 3.98. The van der Waals surface area contributed by atoms with Gasteiger partial charge in [0.1, 0.15) is 24.4 Å². The largest absolute Gasteiger partial charge is 0.394 e. The molecule has 128 valence electrons. The fraction of sp³-hybridized carbons (Fsp3) is 0.533. The van der Waals surface area contributed by atoms with Crippen molar-refractivity contribution in [2.45, 2.75) is 44.2 Å². The number of hydrogen-bond acceptors (Lipinski definition) is 6. The molecule has 1 aromatic rings. The molecule has 4 N–H and O–H groups in total. The van der Waals surface area contributed by atoms with Crippen LogP contribution in [0.3, 0.4) is 0 Å². The highest BCUT2D eigenvalue weighted by Gasteiger charge is 2.45. The lowest BCUT2D eigenvalue weighted by molar-refractivity contribution is -0.273. The summed E-state index contributed by atoms with van der Waals surface area (Å²) in [6, 6.07) is 6.10. The molecule has 1 aromatic carbocycles. The van der Waals surface area contributed by atoms with Gasteiger partial charge in [-0.2, -0.15) is 0 Å². The second-order valence-corrected chi connectivity index (χ2v) is 5.74. The van der Waals surface area contributed by atoms with E-state index in [0.29, 0.717) is 10.6 Å². The fourth-order valence-electron chi connectivity index (χ4n) is 2.40. The van der Waals surface area contributed by atoms with Crippen molar-refractivity contribution in [2.75, 3.05) is 6.61 Å². The summed E-state index contributed by atoms with van der Waals surface area (Å²) >= 11 is 6.05. The number of benzene rings is 1. The number of halogens is 1. The van der Waals surface area contributed by atoms with E-state index in [1.807, 2.05) is 0 Å². The molecule has 1 aliphatic heterocycles. The lowest BCUT2D eigenvalue weighted by atomic mass is 9.97. The zero-order valence-electron chi connectivity index (χ0n) is 12.6. The van der Waals surface area contributed by atoms with E-state index in [0.717, 1.165) is 0 Å². The van der Waals surface area contributed by atoms with E-state index in [4.69, 9.17) is 21.1 Å². The fourth-order valence-corrected chi connectivity index (χ4v) is 2.59. The summed E-state index contributed by atoms with van der Waals surface area (Å²) in [6.45, 7) is 0.876. The molecule has 1 heterocycles. The molecule has 8 heteroatoms. The maximum atomic E-state index is 11.3. The van der Waals surface area contributed by atoms with Crippen molar-refractivity contribution in [2.24, 2.45) is 0 Å². The molecule has 1 fully saturated rings. The van der Waals surface area contributed by atoms with Crippen molar-refractivity contribution < 1.29 is 29.6 Å². The zero-order chi connectivity index (χ0) is 17.0. The average Bonchev–Trinajstić information content (AvgIpc) is 2.52. The van der Waals surface area contributed by atoms with E-state index >= 15 is 0 Å². The smallest absolute Gasteiger partial charge is 0.217 e. The quantitative estimate of drug-likeness (QED) is 0.588. The first kappa shape index (κ1) is 18.1. The van der Waals surface area contributed by atoms with Crippen LogP contribution in [-0.4, -0.2) is 58.5 Å². The molecule has 0 aliphatic carbocycles. The van der Waals surface area contributed by atoms with E-state index in [-0.39, 0.29) is 6.61 Å². The van der Waals surface area contributed by atoms with Crippen LogP contribution in [0.4, 0.5) is 0 Å². The van der Waals surface area contributed by atoms with Gasteiger partial charge >= 0.3 is 0 Å². The lowest BCUT2D eigenvalue weighted by Gasteiger charge is -2.42. The maximum absolute atomic E-state index is 11.3. The van der Waals surface area contributed by atoms with Crippen LogP contribution in [0.1, 0.15) is 12.5 Å². The number of carbonyl (C=O) groups excluding carboxylic acids is 1. The predicted octanol–water partition coefficient (Wildman–Crippen LogP) is -0.200. The first-order valence-corrected chi connectivity index (χ1v) is 7.56. The molecule has 1 saturated heterocycles. The second-order valence-electron chi connectivity index (χ2n) is 5.34. The number of aliphatic hydroxyl groups is 3.